The fourth-order valence-corrected chi connectivity index (χ4v) is 2.85. The molecular weight excluding hydrogens is 282 g/mol. The summed E-state index contributed by atoms with van der Waals surface area (Å²) < 4.78 is 5.28. The van der Waals surface area contributed by atoms with Gasteiger partial charge >= 0.3 is 5.97 Å². The van der Waals surface area contributed by atoms with Gasteiger partial charge in [-0.25, -0.2) is 0 Å². The third kappa shape index (κ3) is 4.07. The Labute approximate surface area is 130 Å². The molecule has 1 fully saturated rings. The maximum Gasteiger partial charge on any atom is 0.306 e. The van der Waals surface area contributed by atoms with Gasteiger partial charge in [0.15, 0.2) is 0 Å². The van der Waals surface area contributed by atoms with Crippen LogP contribution < -0.4 is 5.32 Å². The minimum Gasteiger partial charge on any atom is -0.481 e. The van der Waals surface area contributed by atoms with Gasteiger partial charge in [0, 0.05) is 18.7 Å². The van der Waals surface area contributed by atoms with Crippen molar-refractivity contribution in [1.29, 1.82) is 0 Å². The van der Waals surface area contributed by atoms with Crippen molar-refractivity contribution in [3.05, 3.63) is 29.8 Å². The first-order chi connectivity index (χ1) is 10.5. The van der Waals surface area contributed by atoms with E-state index in [1.807, 2.05) is 31.2 Å². The summed E-state index contributed by atoms with van der Waals surface area (Å²) in [5.41, 5.74) is 1.77. The largest absolute Gasteiger partial charge is 0.481 e. The van der Waals surface area contributed by atoms with Crippen molar-refractivity contribution in [1.82, 2.24) is 0 Å². The summed E-state index contributed by atoms with van der Waals surface area (Å²) in [4.78, 5) is 23.2. The van der Waals surface area contributed by atoms with Crippen molar-refractivity contribution >= 4 is 17.6 Å². The van der Waals surface area contributed by atoms with E-state index in [1.165, 1.54) is 0 Å². The molecule has 1 aromatic rings. The molecular formula is C17H23NO4. The molecule has 0 saturated heterocycles. The number of anilines is 1. The summed E-state index contributed by atoms with van der Waals surface area (Å²) in [6, 6.07) is 7.62. The average molecular weight is 305 g/mol. The van der Waals surface area contributed by atoms with E-state index in [2.05, 4.69) is 5.32 Å². The van der Waals surface area contributed by atoms with Crippen LogP contribution in [0.15, 0.2) is 24.3 Å². The van der Waals surface area contributed by atoms with E-state index < -0.39 is 5.97 Å². The molecule has 1 amide bonds. The molecule has 1 aliphatic rings. The number of carboxylic acids is 1. The Hall–Kier alpha value is -1.88. The molecule has 0 aliphatic heterocycles. The molecule has 0 radical (unpaired) electrons. The number of amides is 1. The van der Waals surface area contributed by atoms with E-state index >= 15 is 0 Å². The highest BCUT2D eigenvalue weighted by Crippen LogP contribution is 2.30. The number of benzene rings is 1. The van der Waals surface area contributed by atoms with E-state index in [9.17, 15) is 9.59 Å². The molecule has 5 nitrogen and oxygen atoms in total. The highest BCUT2D eigenvalue weighted by molar-refractivity contribution is 5.92. The molecule has 1 aromatic carbocycles. The summed E-state index contributed by atoms with van der Waals surface area (Å²) in [6.45, 7) is 1.95. The summed E-state index contributed by atoms with van der Waals surface area (Å²) >= 11 is 0. The normalized spacial score (nSPS) is 22.8. The number of carbonyl (C=O) groups excluding carboxylic acids is 1. The molecule has 0 heterocycles. The number of rotatable bonds is 5. The maximum atomic E-state index is 12.3. The van der Waals surface area contributed by atoms with Gasteiger partial charge in [-0.15, -0.1) is 0 Å². The first-order valence-corrected chi connectivity index (χ1v) is 7.67. The lowest BCUT2D eigenvalue weighted by Gasteiger charge is -2.25. The van der Waals surface area contributed by atoms with Crippen LogP contribution in [-0.4, -0.2) is 24.1 Å². The topological polar surface area (TPSA) is 75.6 Å². The van der Waals surface area contributed by atoms with Gasteiger partial charge in [0.25, 0.3) is 0 Å². The van der Waals surface area contributed by atoms with Gasteiger partial charge in [-0.1, -0.05) is 12.1 Å². The second kappa shape index (κ2) is 7.40. The Bertz CT molecular complexity index is 535. The smallest absolute Gasteiger partial charge is 0.306 e. The minimum atomic E-state index is -0.750. The van der Waals surface area contributed by atoms with Crippen LogP contribution in [0.1, 0.15) is 44.3 Å². The minimum absolute atomic E-state index is 0.0222. The van der Waals surface area contributed by atoms with E-state index in [0.29, 0.717) is 25.7 Å². The monoisotopic (exact) mass is 305 g/mol. The molecule has 1 aliphatic carbocycles. The van der Waals surface area contributed by atoms with Crippen molar-refractivity contribution in [2.24, 2.45) is 11.8 Å². The Morgan fingerprint density at radius 2 is 1.86 bits per heavy atom. The van der Waals surface area contributed by atoms with Crippen LogP contribution >= 0.6 is 0 Å². The van der Waals surface area contributed by atoms with Gasteiger partial charge in [-0.3, -0.25) is 9.59 Å². The van der Waals surface area contributed by atoms with E-state index in [-0.39, 0.29) is 23.8 Å². The Morgan fingerprint density at radius 1 is 1.23 bits per heavy atom. The predicted octanol–water partition coefficient (Wildman–Crippen LogP) is 3.22. The van der Waals surface area contributed by atoms with Crippen LogP contribution in [0.25, 0.3) is 0 Å². The third-order valence-corrected chi connectivity index (χ3v) is 4.42. The standard InChI is InChI=1S/C17H23NO4/c1-11(22-2)14-4-3-5-15(10-14)18-16(19)12-6-8-13(9-7-12)17(20)21/h3-5,10-13H,6-9H2,1-2H3,(H,18,19)(H,20,21). The zero-order valence-corrected chi connectivity index (χ0v) is 13.0. The highest BCUT2D eigenvalue weighted by Gasteiger charge is 2.29. The van der Waals surface area contributed by atoms with Crippen LogP contribution in [0.2, 0.25) is 0 Å². The lowest BCUT2D eigenvalue weighted by Crippen LogP contribution is -2.29. The molecule has 1 unspecified atom stereocenters. The number of aliphatic carboxylic acids is 1. The third-order valence-electron chi connectivity index (χ3n) is 4.42. The molecule has 1 atom stereocenters. The summed E-state index contributed by atoms with van der Waals surface area (Å²) in [5, 5.41) is 11.9. The van der Waals surface area contributed by atoms with Gasteiger partial charge in [0.1, 0.15) is 0 Å². The number of nitrogens with one attached hydrogen (secondary N) is 1. The number of carbonyl (C=O) groups is 2. The summed E-state index contributed by atoms with van der Waals surface area (Å²) in [6.07, 6.45) is 2.40. The van der Waals surface area contributed by atoms with Crippen molar-refractivity contribution < 1.29 is 19.4 Å². The molecule has 2 rings (SSSR count). The van der Waals surface area contributed by atoms with Gasteiger partial charge in [-0.05, 0) is 50.3 Å². The van der Waals surface area contributed by atoms with Gasteiger partial charge in [-0.2, -0.15) is 0 Å². The molecule has 120 valence electrons. The van der Waals surface area contributed by atoms with Crippen LogP contribution in [0.4, 0.5) is 5.69 Å². The maximum absolute atomic E-state index is 12.3. The zero-order valence-electron chi connectivity index (χ0n) is 13.0. The second-order valence-corrected chi connectivity index (χ2v) is 5.88. The van der Waals surface area contributed by atoms with E-state index in [1.54, 1.807) is 7.11 Å². The fourth-order valence-electron chi connectivity index (χ4n) is 2.85. The van der Waals surface area contributed by atoms with Crippen LogP contribution in [0.5, 0.6) is 0 Å². The predicted molar refractivity (Wildman–Crippen MR) is 83.6 cm³/mol. The molecule has 0 aromatic heterocycles. The fraction of sp³-hybridized carbons (Fsp3) is 0.529. The number of ether oxygens (including phenoxy) is 1. The Balaban J connectivity index is 1.94. The van der Waals surface area contributed by atoms with Crippen LogP contribution in [0.3, 0.4) is 0 Å². The SMILES string of the molecule is COC(C)c1cccc(NC(=O)C2CCC(C(=O)O)CC2)c1. The molecule has 5 heteroatoms. The van der Waals surface area contributed by atoms with Crippen molar-refractivity contribution in [2.45, 2.75) is 38.7 Å². The molecule has 0 spiro atoms. The highest BCUT2D eigenvalue weighted by atomic mass is 16.5. The van der Waals surface area contributed by atoms with Crippen molar-refractivity contribution in [2.75, 3.05) is 12.4 Å². The van der Waals surface area contributed by atoms with E-state index in [4.69, 9.17) is 9.84 Å². The lowest BCUT2D eigenvalue weighted by atomic mass is 9.81. The van der Waals surface area contributed by atoms with E-state index in [0.717, 1.165) is 11.3 Å². The Kier molecular flexibility index (Phi) is 5.55. The van der Waals surface area contributed by atoms with Gasteiger partial charge in [0.05, 0.1) is 12.0 Å². The van der Waals surface area contributed by atoms with Crippen molar-refractivity contribution in [3.8, 4) is 0 Å². The number of hydrogen-bond acceptors (Lipinski definition) is 3. The first-order valence-electron chi connectivity index (χ1n) is 7.67. The van der Waals surface area contributed by atoms with Crippen molar-refractivity contribution in [3.63, 3.8) is 0 Å². The quantitative estimate of drug-likeness (QED) is 0.875. The number of hydrogen-bond donors (Lipinski definition) is 2. The lowest BCUT2D eigenvalue weighted by molar-refractivity contribution is -0.143. The first kappa shape index (κ1) is 16.5. The Morgan fingerprint density at radius 3 is 2.45 bits per heavy atom. The summed E-state index contributed by atoms with van der Waals surface area (Å²) in [7, 11) is 1.65. The average Bonchev–Trinajstić information content (AvgIpc) is 2.54. The molecule has 0 bridgehead atoms. The van der Waals surface area contributed by atoms with Crippen LogP contribution in [-0.2, 0) is 14.3 Å². The van der Waals surface area contributed by atoms with Crippen LogP contribution in [0, 0.1) is 11.8 Å². The van der Waals surface area contributed by atoms with Gasteiger partial charge < -0.3 is 15.2 Å². The summed E-state index contributed by atoms with van der Waals surface area (Å²) in [5.74, 6) is -1.17. The molecule has 22 heavy (non-hydrogen) atoms. The molecule has 1 saturated carbocycles. The molecule has 2 N–H and O–H groups in total. The number of methoxy groups -OCH3 is 1. The number of carboxylic acid groups (broad SMARTS) is 1. The zero-order chi connectivity index (χ0) is 16.1. The van der Waals surface area contributed by atoms with Gasteiger partial charge in [0.2, 0.25) is 5.91 Å². The second-order valence-electron chi connectivity index (χ2n) is 5.88.